The van der Waals surface area contributed by atoms with Gasteiger partial charge in [0.15, 0.2) is 13.2 Å². The summed E-state index contributed by atoms with van der Waals surface area (Å²) in [4.78, 5) is 11.9. The zero-order valence-corrected chi connectivity index (χ0v) is 14.3. The van der Waals surface area contributed by atoms with Gasteiger partial charge in [-0.2, -0.15) is 13.2 Å². The first-order valence-electron chi connectivity index (χ1n) is 8.13. The Morgan fingerprint density at radius 1 is 1.04 bits per heavy atom. The van der Waals surface area contributed by atoms with E-state index in [2.05, 4.69) is 10.1 Å². The summed E-state index contributed by atoms with van der Waals surface area (Å²) in [5, 5.41) is 2.70. The Balaban J connectivity index is 1.76. The standard InChI is InChI=1S/C19H20F3NO3/c1-2-15-5-3-4-6-17(15)25-12-18(24)23-11-14-7-9-16(10-8-14)26-13-19(20,21)22/h3-10H,2,11-13H2,1H3,(H,23,24). The Hall–Kier alpha value is -2.70. The highest BCUT2D eigenvalue weighted by molar-refractivity contribution is 5.77. The van der Waals surface area contributed by atoms with Crippen LogP contribution < -0.4 is 14.8 Å². The van der Waals surface area contributed by atoms with Gasteiger partial charge in [0.05, 0.1) is 0 Å². The molecule has 1 amide bonds. The fraction of sp³-hybridized carbons (Fsp3) is 0.316. The van der Waals surface area contributed by atoms with Crippen LogP contribution in [0.25, 0.3) is 0 Å². The Bertz CT molecular complexity index is 715. The van der Waals surface area contributed by atoms with Gasteiger partial charge in [-0.15, -0.1) is 0 Å². The van der Waals surface area contributed by atoms with E-state index in [9.17, 15) is 18.0 Å². The van der Waals surface area contributed by atoms with Gasteiger partial charge in [-0.3, -0.25) is 4.79 Å². The van der Waals surface area contributed by atoms with Gasteiger partial charge in [0, 0.05) is 6.54 Å². The highest BCUT2D eigenvalue weighted by Crippen LogP contribution is 2.19. The summed E-state index contributed by atoms with van der Waals surface area (Å²) in [6.07, 6.45) is -3.57. The summed E-state index contributed by atoms with van der Waals surface area (Å²) < 4.78 is 46.4. The molecule has 26 heavy (non-hydrogen) atoms. The maximum atomic E-state index is 12.1. The lowest BCUT2D eigenvalue weighted by Gasteiger charge is -2.11. The quantitative estimate of drug-likeness (QED) is 0.770. The number of aryl methyl sites for hydroxylation is 1. The Morgan fingerprint density at radius 3 is 2.38 bits per heavy atom. The predicted molar refractivity (Wildman–Crippen MR) is 91.2 cm³/mol. The minimum Gasteiger partial charge on any atom is -0.484 e. The fourth-order valence-corrected chi connectivity index (χ4v) is 2.20. The SMILES string of the molecule is CCc1ccccc1OCC(=O)NCc1ccc(OCC(F)(F)F)cc1. The molecular weight excluding hydrogens is 347 g/mol. The molecule has 7 heteroatoms. The van der Waals surface area contributed by atoms with Crippen LogP contribution in [0.5, 0.6) is 11.5 Å². The molecule has 2 aromatic carbocycles. The highest BCUT2D eigenvalue weighted by atomic mass is 19.4. The second kappa shape index (κ2) is 9.12. The largest absolute Gasteiger partial charge is 0.484 e. The van der Waals surface area contributed by atoms with E-state index >= 15 is 0 Å². The second-order valence-electron chi connectivity index (χ2n) is 5.57. The van der Waals surface area contributed by atoms with Gasteiger partial charge in [-0.1, -0.05) is 37.3 Å². The van der Waals surface area contributed by atoms with Crippen LogP contribution in [0.2, 0.25) is 0 Å². The molecule has 0 saturated carbocycles. The predicted octanol–water partition coefficient (Wildman–Crippen LogP) is 3.89. The molecule has 0 aliphatic carbocycles. The van der Waals surface area contributed by atoms with Crippen LogP contribution in [-0.2, 0) is 17.8 Å². The van der Waals surface area contributed by atoms with Gasteiger partial charge in [0.2, 0.25) is 0 Å². The molecule has 0 unspecified atom stereocenters. The number of carbonyl (C=O) groups excluding carboxylic acids is 1. The number of hydrogen-bond acceptors (Lipinski definition) is 3. The highest BCUT2D eigenvalue weighted by Gasteiger charge is 2.28. The number of amides is 1. The third-order valence-corrected chi connectivity index (χ3v) is 3.53. The molecule has 0 spiro atoms. The molecule has 0 saturated heterocycles. The van der Waals surface area contributed by atoms with Crippen LogP contribution in [0.1, 0.15) is 18.1 Å². The summed E-state index contributed by atoms with van der Waals surface area (Å²) in [5.74, 6) is 0.515. The molecule has 0 atom stereocenters. The molecule has 1 N–H and O–H groups in total. The van der Waals surface area contributed by atoms with E-state index < -0.39 is 12.8 Å². The van der Waals surface area contributed by atoms with Crippen molar-refractivity contribution in [1.29, 1.82) is 0 Å². The molecule has 4 nitrogen and oxygen atoms in total. The van der Waals surface area contributed by atoms with Crippen molar-refractivity contribution in [3.05, 3.63) is 59.7 Å². The van der Waals surface area contributed by atoms with E-state index in [1.165, 1.54) is 12.1 Å². The first-order chi connectivity index (χ1) is 12.4. The lowest BCUT2D eigenvalue weighted by Crippen LogP contribution is -2.28. The molecule has 0 radical (unpaired) electrons. The molecule has 0 heterocycles. The lowest BCUT2D eigenvalue weighted by molar-refractivity contribution is -0.153. The fourth-order valence-electron chi connectivity index (χ4n) is 2.20. The van der Waals surface area contributed by atoms with Crippen molar-refractivity contribution in [2.24, 2.45) is 0 Å². The monoisotopic (exact) mass is 367 g/mol. The van der Waals surface area contributed by atoms with Crippen molar-refractivity contribution in [1.82, 2.24) is 5.32 Å². The van der Waals surface area contributed by atoms with Crippen molar-refractivity contribution in [2.75, 3.05) is 13.2 Å². The lowest BCUT2D eigenvalue weighted by atomic mass is 10.1. The van der Waals surface area contributed by atoms with Crippen molar-refractivity contribution < 1.29 is 27.4 Å². The van der Waals surface area contributed by atoms with E-state index in [4.69, 9.17) is 4.74 Å². The molecular formula is C19H20F3NO3. The molecule has 0 fully saturated rings. The summed E-state index contributed by atoms with van der Waals surface area (Å²) in [6, 6.07) is 13.6. The minimum atomic E-state index is -4.37. The third-order valence-electron chi connectivity index (χ3n) is 3.53. The van der Waals surface area contributed by atoms with E-state index in [1.54, 1.807) is 12.1 Å². The van der Waals surface area contributed by atoms with Gasteiger partial charge < -0.3 is 14.8 Å². The summed E-state index contributed by atoms with van der Waals surface area (Å²) in [6.45, 7) is 0.810. The van der Waals surface area contributed by atoms with Gasteiger partial charge >= 0.3 is 6.18 Å². The normalized spacial score (nSPS) is 11.1. The number of alkyl halides is 3. The number of para-hydroxylation sites is 1. The topological polar surface area (TPSA) is 47.6 Å². The average Bonchev–Trinajstić information content (AvgIpc) is 2.63. The smallest absolute Gasteiger partial charge is 0.422 e. The van der Waals surface area contributed by atoms with Gasteiger partial charge in [-0.05, 0) is 35.7 Å². The molecule has 0 aliphatic rings. The van der Waals surface area contributed by atoms with Crippen molar-refractivity contribution in [3.8, 4) is 11.5 Å². The van der Waals surface area contributed by atoms with Crippen LogP contribution in [0.4, 0.5) is 13.2 Å². The average molecular weight is 367 g/mol. The van der Waals surface area contributed by atoms with E-state index in [-0.39, 0.29) is 24.8 Å². The van der Waals surface area contributed by atoms with Crippen molar-refractivity contribution in [2.45, 2.75) is 26.1 Å². The van der Waals surface area contributed by atoms with Crippen LogP contribution in [0.3, 0.4) is 0 Å². The first kappa shape index (κ1) is 19.6. The molecule has 2 aromatic rings. The Labute approximate surface area is 149 Å². The Kier molecular flexibility index (Phi) is 6.89. The molecule has 0 bridgehead atoms. The second-order valence-corrected chi connectivity index (χ2v) is 5.57. The summed E-state index contributed by atoms with van der Waals surface area (Å²) in [7, 11) is 0. The molecule has 0 aromatic heterocycles. The van der Waals surface area contributed by atoms with Crippen LogP contribution in [-0.4, -0.2) is 25.3 Å². The van der Waals surface area contributed by atoms with Gasteiger partial charge in [0.25, 0.3) is 5.91 Å². The number of nitrogens with one attached hydrogen (secondary N) is 1. The molecule has 2 rings (SSSR count). The zero-order chi connectivity index (χ0) is 19.0. The number of benzene rings is 2. The number of ether oxygens (including phenoxy) is 2. The Morgan fingerprint density at radius 2 is 1.73 bits per heavy atom. The van der Waals surface area contributed by atoms with Crippen LogP contribution in [0, 0.1) is 0 Å². The van der Waals surface area contributed by atoms with Crippen LogP contribution in [0.15, 0.2) is 48.5 Å². The molecule has 0 aliphatic heterocycles. The molecule has 140 valence electrons. The van der Waals surface area contributed by atoms with Crippen molar-refractivity contribution >= 4 is 5.91 Å². The number of halogens is 3. The maximum absolute atomic E-state index is 12.1. The van der Waals surface area contributed by atoms with Gasteiger partial charge in [0.1, 0.15) is 11.5 Å². The summed E-state index contributed by atoms with van der Waals surface area (Å²) >= 11 is 0. The van der Waals surface area contributed by atoms with Crippen molar-refractivity contribution in [3.63, 3.8) is 0 Å². The number of hydrogen-bond donors (Lipinski definition) is 1. The first-order valence-corrected chi connectivity index (χ1v) is 8.13. The number of carbonyl (C=O) groups is 1. The number of rotatable bonds is 8. The zero-order valence-electron chi connectivity index (χ0n) is 14.3. The van der Waals surface area contributed by atoms with Gasteiger partial charge in [-0.25, -0.2) is 0 Å². The third kappa shape index (κ3) is 6.66. The van der Waals surface area contributed by atoms with E-state index in [0.717, 1.165) is 17.5 Å². The van der Waals surface area contributed by atoms with Crippen LogP contribution >= 0.6 is 0 Å². The van der Waals surface area contributed by atoms with E-state index in [0.29, 0.717) is 5.75 Å². The minimum absolute atomic E-state index is 0.107. The maximum Gasteiger partial charge on any atom is 0.422 e. The summed E-state index contributed by atoms with van der Waals surface area (Å²) in [5.41, 5.74) is 1.77. The van der Waals surface area contributed by atoms with E-state index in [1.807, 2.05) is 31.2 Å².